The second kappa shape index (κ2) is 12.9. The molecule has 0 N–H and O–H groups in total. The molecule has 1 rings (SSSR count). The Morgan fingerprint density at radius 1 is 0.929 bits per heavy atom. The van der Waals surface area contributed by atoms with Crippen molar-refractivity contribution in [2.24, 2.45) is 0 Å². The molecule has 0 fully saturated rings. The largest absolute Gasteiger partial charge is 0.385 e. The first-order chi connectivity index (χ1) is 13.4. The van der Waals surface area contributed by atoms with Crippen LogP contribution in [0.25, 0.3) is 0 Å². The zero-order valence-corrected chi connectivity index (χ0v) is 19.4. The topological polar surface area (TPSA) is 27.7 Å². The molecule has 3 nitrogen and oxygen atoms in total. The van der Waals surface area contributed by atoms with Crippen LogP contribution in [0.1, 0.15) is 47.1 Å². The number of hydrogen-bond donors (Lipinski definition) is 0. The minimum atomic E-state index is -2.55. The molecule has 0 amide bonds. The Balaban J connectivity index is 2.91. The van der Waals surface area contributed by atoms with Gasteiger partial charge >= 0.3 is 8.56 Å². The molecule has 1 atom stereocenters. The summed E-state index contributed by atoms with van der Waals surface area (Å²) >= 11 is 0. The van der Waals surface area contributed by atoms with Gasteiger partial charge in [0.1, 0.15) is 0 Å². The third-order valence-electron chi connectivity index (χ3n) is 4.69. The van der Waals surface area contributed by atoms with E-state index in [9.17, 15) is 0 Å². The Morgan fingerprint density at radius 3 is 1.96 bits per heavy atom. The number of benzene rings is 1. The molecular formula is C24H38O3Si. The number of rotatable bonds is 13. The zero-order valence-electron chi connectivity index (χ0n) is 18.4. The molecule has 0 radical (unpaired) electrons. The molecule has 0 bridgehead atoms. The fraction of sp³-hybridized carbons (Fsp3) is 0.500. The highest BCUT2D eigenvalue weighted by atomic mass is 28.4. The molecule has 1 aromatic carbocycles. The molecule has 0 saturated carbocycles. The van der Waals surface area contributed by atoms with Crippen LogP contribution in [0.4, 0.5) is 0 Å². The van der Waals surface area contributed by atoms with Gasteiger partial charge in [-0.2, -0.15) is 0 Å². The van der Waals surface area contributed by atoms with E-state index < -0.39 is 8.56 Å². The van der Waals surface area contributed by atoms with Crippen LogP contribution in [0.15, 0.2) is 67.3 Å². The highest BCUT2D eigenvalue weighted by Crippen LogP contribution is 2.37. The zero-order chi connectivity index (χ0) is 21.0. The monoisotopic (exact) mass is 402 g/mol. The molecule has 1 unspecified atom stereocenters. The number of hydrogen-bond acceptors (Lipinski definition) is 3. The molecule has 0 heterocycles. The first kappa shape index (κ1) is 24.6. The van der Waals surface area contributed by atoms with Crippen LogP contribution in [0.5, 0.6) is 0 Å². The van der Waals surface area contributed by atoms with Gasteiger partial charge in [-0.05, 0) is 30.5 Å². The normalized spacial score (nSPS) is 14.0. The maximum absolute atomic E-state index is 6.68. The first-order valence-corrected chi connectivity index (χ1v) is 12.2. The van der Waals surface area contributed by atoms with Crippen LogP contribution in [-0.4, -0.2) is 27.4 Å². The minimum absolute atomic E-state index is 0.0813. The summed E-state index contributed by atoms with van der Waals surface area (Å²) in [5, 5.41) is 0. The van der Waals surface area contributed by atoms with Crippen LogP contribution < -0.4 is 0 Å². The predicted molar refractivity (Wildman–Crippen MR) is 122 cm³/mol. The van der Waals surface area contributed by atoms with E-state index in [2.05, 4.69) is 58.6 Å². The van der Waals surface area contributed by atoms with Crippen LogP contribution in [0, 0.1) is 0 Å². The quantitative estimate of drug-likeness (QED) is 0.276. The summed E-state index contributed by atoms with van der Waals surface area (Å²) in [5.74, 6) is 0. The molecule has 1 aromatic rings. The lowest BCUT2D eigenvalue weighted by Crippen LogP contribution is -2.52. The standard InChI is InChI=1S/C24H38O3Si/c1-8-14-24(15-9-2)27-28(20(4)5,21(6)7)26-23(10-3)19-25-18-22-16-12-11-13-17-22/h8-17,20-21,23-24H,3,18-19H2,1-2,4-7H3/b14-8+,15-9+. The molecule has 0 saturated heterocycles. The van der Waals surface area contributed by atoms with Gasteiger partial charge in [0.05, 0.1) is 25.4 Å². The Labute approximate surface area is 173 Å². The lowest BCUT2D eigenvalue weighted by molar-refractivity contribution is 0.0322. The van der Waals surface area contributed by atoms with E-state index in [-0.39, 0.29) is 12.2 Å². The summed E-state index contributed by atoms with van der Waals surface area (Å²) in [4.78, 5) is 0. The molecule has 4 heteroatoms. The van der Waals surface area contributed by atoms with Crippen molar-refractivity contribution in [1.29, 1.82) is 0 Å². The SMILES string of the molecule is C=CC(COCc1ccccc1)O[Si](OC(/C=C/C)/C=C/C)(C(C)C)C(C)C. The predicted octanol–water partition coefficient (Wildman–Crippen LogP) is 6.57. The van der Waals surface area contributed by atoms with Crippen LogP contribution in [-0.2, 0) is 20.2 Å². The molecular weight excluding hydrogens is 364 g/mol. The molecule has 156 valence electrons. The van der Waals surface area contributed by atoms with Crippen molar-refractivity contribution < 1.29 is 13.6 Å². The maximum atomic E-state index is 6.68. The number of allylic oxidation sites excluding steroid dienone is 2. The van der Waals surface area contributed by atoms with Gasteiger partial charge in [-0.15, -0.1) is 6.58 Å². The van der Waals surface area contributed by atoms with Crippen molar-refractivity contribution >= 4 is 8.56 Å². The summed E-state index contributed by atoms with van der Waals surface area (Å²) in [7, 11) is -2.55. The summed E-state index contributed by atoms with van der Waals surface area (Å²) < 4.78 is 19.3. The van der Waals surface area contributed by atoms with Crippen molar-refractivity contribution in [2.75, 3.05) is 6.61 Å². The lowest BCUT2D eigenvalue weighted by Gasteiger charge is -2.41. The second-order valence-electron chi connectivity index (χ2n) is 7.56. The van der Waals surface area contributed by atoms with Gasteiger partial charge in [-0.1, -0.05) is 88.4 Å². The van der Waals surface area contributed by atoms with Crippen LogP contribution in [0.2, 0.25) is 11.1 Å². The Morgan fingerprint density at radius 2 is 1.50 bits per heavy atom. The van der Waals surface area contributed by atoms with E-state index in [1.165, 1.54) is 0 Å². The molecule has 0 aliphatic carbocycles. The Kier molecular flexibility index (Phi) is 11.3. The van der Waals surface area contributed by atoms with Crippen molar-refractivity contribution in [3.63, 3.8) is 0 Å². The van der Waals surface area contributed by atoms with Gasteiger partial charge in [0.15, 0.2) is 0 Å². The third kappa shape index (κ3) is 7.51. The van der Waals surface area contributed by atoms with Gasteiger partial charge in [-0.3, -0.25) is 0 Å². The highest BCUT2D eigenvalue weighted by molar-refractivity contribution is 6.70. The average Bonchev–Trinajstić information content (AvgIpc) is 2.67. The van der Waals surface area contributed by atoms with E-state index in [1.807, 2.05) is 50.3 Å². The molecule has 0 aliphatic rings. The maximum Gasteiger partial charge on any atom is 0.344 e. The van der Waals surface area contributed by atoms with Gasteiger partial charge in [0, 0.05) is 0 Å². The van der Waals surface area contributed by atoms with Gasteiger partial charge in [0.2, 0.25) is 0 Å². The van der Waals surface area contributed by atoms with Gasteiger partial charge in [-0.25, -0.2) is 0 Å². The van der Waals surface area contributed by atoms with Crippen molar-refractivity contribution in [3.05, 3.63) is 72.9 Å². The minimum Gasteiger partial charge on any atom is -0.385 e. The summed E-state index contributed by atoms with van der Waals surface area (Å²) in [6, 6.07) is 10.2. The summed E-state index contributed by atoms with van der Waals surface area (Å²) in [5.41, 5.74) is 1.74. The highest BCUT2D eigenvalue weighted by Gasteiger charge is 2.47. The Hall–Kier alpha value is -1.46. The Bertz CT molecular complexity index is 588. The van der Waals surface area contributed by atoms with Crippen LogP contribution in [0.3, 0.4) is 0 Å². The fourth-order valence-corrected chi connectivity index (χ4v) is 6.92. The van der Waals surface area contributed by atoms with E-state index in [0.717, 1.165) is 5.56 Å². The van der Waals surface area contributed by atoms with E-state index in [4.69, 9.17) is 13.6 Å². The van der Waals surface area contributed by atoms with Crippen molar-refractivity contribution in [2.45, 2.75) is 71.4 Å². The third-order valence-corrected chi connectivity index (χ3v) is 9.22. The van der Waals surface area contributed by atoms with Gasteiger partial charge < -0.3 is 13.6 Å². The first-order valence-electron chi connectivity index (χ1n) is 10.2. The van der Waals surface area contributed by atoms with E-state index in [0.29, 0.717) is 24.3 Å². The fourth-order valence-electron chi connectivity index (χ4n) is 3.23. The number of ether oxygens (including phenoxy) is 1. The van der Waals surface area contributed by atoms with E-state index in [1.54, 1.807) is 0 Å². The molecule has 0 spiro atoms. The van der Waals surface area contributed by atoms with Gasteiger partial charge in [0.25, 0.3) is 0 Å². The van der Waals surface area contributed by atoms with E-state index >= 15 is 0 Å². The lowest BCUT2D eigenvalue weighted by atomic mass is 10.2. The average molecular weight is 403 g/mol. The van der Waals surface area contributed by atoms with Crippen molar-refractivity contribution in [1.82, 2.24) is 0 Å². The second-order valence-corrected chi connectivity index (χ2v) is 11.8. The van der Waals surface area contributed by atoms with Crippen LogP contribution >= 0.6 is 0 Å². The molecule has 28 heavy (non-hydrogen) atoms. The summed E-state index contributed by atoms with van der Waals surface area (Å²) in [6.07, 6.45) is 9.76. The smallest absolute Gasteiger partial charge is 0.344 e. The van der Waals surface area contributed by atoms with Crippen molar-refractivity contribution in [3.8, 4) is 0 Å². The molecule has 0 aromatic heterocycles. The molecule has 0 aliphatic heterocycles. The summed E-state index contributed by atoms with van der Waals surface area (Å²) in [6.45, 7) is 17.8.